The number of nitrogens with zero attached hydrogens (tertiary/aromatic N) is 3. The molecule has 0 atom stereocenters. The van der Waals surface area contributed by atoms with E-state index in [9.17, 15) is 0 Å². The molecule has 16 heavy (non-hydrogen) atoms. The molecule has 0 aromatic heterocycles. The Kier molecular flexibility index (Phi) is 3.85. The first kappa shape index (κ1) is 12.0. The molecule has 6 nitrogen and oxygen atoms in total. The predicted molar refractivity (Wildman–Crippen MR) is 65.9 cm³/mol. The van der Waals surface area contributed by atoms with E-state index in [0.29, 0.717) is 11.3 Å². The fourth-order valence-electron chi connectivity index (χ4n) is 0.973. The molecule has 0 saturated heterocycles. The lowest BCUT2D eigenvalue weighted by Crippen LogP contribution is -2.26. The van der Waals surface area contributed by atoms with Crippen molar-refractivity contribution >= 4 is 33.5 Å². The largest absolute Gasteiger partial charge is 0.370 e. The number of aliphatic imine (C=N–C) groups is 2. The first-order chi connectivity index (χ1) is 7.52. The molecule has 0 unspecified atom stereocenters. The molecule has 0 radical (unpaired) electrons. The third kappa shape index (κ3) is 3.25. The summed E-state index contributed by atoms with van der Waals surface area (Å²) >= 11 is 3.26. The summed E-state index contributed by atoms with van der Waals surface area (Å²) < 4.78 is 0.780. The zero-order valence-corrected chi connectivity index (χ0v) is 9.77. The zero-order chi connectivity index (χ0) is 12.1. The summed E-state index contributed by atoms with van der Waals surface area (Å²) in [4.78, 5) is 7.48. The Morgan fingerprint density at radius 3 is 2.56 bits per heavy atom. The second-order valence-corrected chi connectivity index (χ2v) is 3.70. The fourth-order valence-corrected chi connectivity index (χ4v) is 1.32. The summed E-state index contributed by atoms with van der Waals surface area (Å²) in [7, 11) is 0. The average molecular weight is 281 g/mol. The van der Waals surface area contributed by atoms with Gasteiger partial charge in [-0.15, -0.1) is 0 Å². The average Bonchev–Trinajstić information content (AvgIpc) is 2.16. The second kappa shape index (κ2) is 5.14. The van der Waals surface area contributed by atoms with Crippen LogP contribution in [0.1, 0.15) is 5.56 Å². The summed E-state index contributed by atoms with van der Waals surface area (Å²) in [6.45, 7) is 0. The molecule has 7 heteroatoms. The molecule has 1 aromatic carbocycles. The highest BCUT2D eigenvalue weighted by atomic mass is 79.9. The van der Waals surface area contributed by atoms with Gasteiger partial charge in [-0.05, 0) is 18.2 Å². The molecule has 1 aromatic rings. The number of hydrogen-bond donors (Lipinski definition) is 3. The highest BCUT2D eigenvalue weighted by molar-refractivity contribution is 9.10. The monoisotopic (exact) mass is 280 g/mol. The number of rotatable bonds is 1. The van der Waals surface area contributed by atoms with Crippen molar-refractivity contribution in [1.29, 1.82) is 5.26 Å². The van der Waals surface area contributed by atoms with Crippen LogP contribution in [0, 0.1) is 11.3 Å². The fraction of sp³-hybridized carbons (Fsp3) is 0. The van der Waals surface area contributed by atoms with E-state index in [0.717, 1.165) is 4.47 Å². The highest BCUT2D eigenvalue weighted by Crippen LogP contribution is 2.23. The van der Waals surface area contributed by atoms with Gasteiger partial charge in [0.05, 0.1) is 11.3 Å². The maximum Gasteiger partial charge on any atom is 0.223 e. The van der Waals surface area contributed by atoms with Gasteiger partial charge in [0.15, 0.2) is 5.96 Å². The highest BCUT2D eigenvalue weighted by Gasteiger charge is 2.02. The first-order valence-electron chi connectivity index (χ1n) is 4.16. The van der Waals surface area contributed by atoms with Crippen molar-refractivity contribution in [3.63, 3.8) is 0 Å². The van der Waals surface area contributed by atoms with Crippen molar-refractivity contribution in [2.75, 3.05) is 0 Å². The van der Waals surface area contributed by atoms with Crippen molar-refractivity contribution in [2.45, 2.75) is 0 Å². The Hall–Kier alpha value is -2.07. The molecule has 6 N–H and O–H groups in total. The lowest BCUT2D eigenvalue weighted by Gasteiger charge is -1.99. The molecule has 0 aliphatic rings. The van der Waals surface area contributed by atoms with Crippen LogP contribution in [-0.4, -0.2) is 11.9 Å². The van der Waals surface area contributed by atoms with Crippen LogP contribution in [0.4, 0.5) is 5.69 Å². The predicted octanol–water partition coefficient (Wildman–Crippen LogP) is 0.540. The quantitative estimate of drug-likeness (QED) is 0.512. The Morgan fingerprint density at radius 2 is 2.00 bits per heavy atom. The van der Waals surface area contributed by atoms with Crippen molar-refractivity contribution in [3.05, 3.63) is 28.2 Å². The smallest absolute Gasteiger partial charge is 0.223 e. The molecule has 0 saturated carbocycles. The molecule has 0 spiro atoms. The van der Waals surface area contributed by atoms with Crippen molar-refractivity contribution < 1.29 is 0 Å². The minimum absolute atomic E-state index is 0.102. The first-order valence-corrected chi connectivity index (χ1v) is 4.95. The molecule has 82 valence electrons. The lowest BCUT2D eigenvalue weighted by atomic mass is 10.2. The van der Waals surface area contributed by atoms with Gasteiger partial charge in [-0.25, -0.2) is 4.99 Å². The Balaban J connectivity index is 3.19. The Labute approximate surface area is 101 Å². The molecule has 0 heterocycles. The van der Waals surface area contributed by atoms with Crippen molar-refractivity contribution in [2.24, 2.45) is 27.2 Å². The number of nitriles is 1. The van der Waals surface area contributed by atoms with E-state index in [1.807, 2.05) is 6.07 Å². The van der Waals surface area contributed by atoms with Crippen LogP contribution in [0.3, 0.4) is 0 Å². The summed E-state index contributed by atoms with van der Waals surface area (Å²) in [5.74, 6) is -0.288. The molecule has 0 aliphatic heterocycles. The third-order valence-electron chi connectivity index (χ3n) is 1.56. The number of guanidine groups is 2. The maximum atomic E-state index is 8.84. The molecular weight excluding hydrogens is 272 g/mol. The standard InChI is InChI=1S/C9H9BrN6/c10-6-2-1-5(4-11)7(3-6)15-9(14)16-8(12)13/h1-3H,(H6,12,13,14,15,16). The van der Waals surface area contributed by atoms with E-state index in [1.54, 1.807) is 18.2 Å². The summed E-state index contributed by atoms with van der Waals surface area (Å²) in [5.41, 5.74) is 16.5. The topological polar surface area (TPSA) is 127 Å². The van der Waals surface area contributed by atoms with Gasteiger partial charge in [0.1, 0.15) is 6.07 Å². The van der Waals surface area contributed by atoms with E-state index in [4.69, 9.17) is 22.5 Å². The van der Waals surface area contributed by atoms with Gasteiger partial charge in [0.25, 0.3) is 0 Å². The molecule has 0 amide bonds. The van der Waals surface area contributed by atoms with E-state index in [2.05, 4.69) is 25.9 Å². The SMILES string of the molecule is N#Cc1ccc(Br)cc1N=C(N)N=C(N)N. The molecular formula is C9H9BrN6. The van der Waals surface area contributed by atoms with E-state index in [1.165, 1.54) is 0 Å². The number of hydrogen-bond acceptors (Lipinski definition) is 2. The van der Waals surface area contributed by atoms with Gasteiger partial charge in [-0.3, -0.25) is 0 Å². The van der Waals surface area contributed by atoms with Crippen molar-refractivity contribution in [3.8, 4) is 6.07 Å². The molecule has 0 bridgehead atoms. The van der Waals surface area contributed by atoms with Crippen LogP contribution >= 0.6 is 15.9 Å². The summed E-state index contributed by atoms with van der Waals surface area (Å²) in [6.07, 6.45) is 0. The van der Waals surface area contributed by atoms with Crippen LogP contribution in [-0.2, 0) is 0 Å². The molecule has 0 aliphatic carbocycles. The van der Waals surface area contributed by atoms with Crippen LogP contribution in [0.2, 0.25) is 0 Å². The van der Waals surface area contributed by atoms with Gasteiger partial charge < -0.3 is 17.2 Å². The minimum atomic E-state index is -0.185. The van der Waals surface area contributed by atoms with Gasteiger partial charge >= 0.3 is 0 Å². The number of halogens is 1. The maximum absolute atomic E-state index is 8.84. The van der Waals surface area contributed by atoms with E-state index < -0.39 is 0 Å². The normalized spacial score (nSPS) is 10.6. The second-order valence-electron chi connectivity index (χ2n) is 2.78. The summed E-state index contributed by atoms with van der Waals surface area (Å²) in [5, 5.41) is 8.84. The van der Waals surface area contributed by atoms with Gasteiger partial charge in [0, 0.05) is 4.47 Å². The van der Waals surface area contributed by atoms with Crippen LogP contribution < -0.4 is 17.2 Å². The van der Waals surface area contributed by atoms with Crippen LogP contribution in [0.25, 0.3) is 0 Å². The number of nitrogens with two attached hydrogens (primary N) is 3. The zero-order valence-electron chi connectivity index (χ0n) is 8.18. The van der Waals surface area contributed by atoms with E-state index >= 15 is 0 Å². The number of benzene rings is 1. The van der Waals surface area contributed by atoms with Crippen LogP contribution in [0.5, 0.6) is 0 Å². The lowest BCUT2D eigenvalue weighted by molar-refractivity contribution is 1.36. The third-order valence-corrected chi connectivity index (χ3v) is 2.05. The van der Waals surface area contributed by atoms with Crippen molar-refractivity contribution in [1.82, 2.24) is 0 Å². The van der Waals surface area contributed by atoms with E-state index in [-0.39, 0.29) is 11.9 Å². The summed E-state index contributed by atoms with van der Waals surface area (Å²) in [6, 6.07) is 6.98. The Bertz CT molecular complexity index is 495. The van der Waals surface area contributed by atoms with Gasteiger partial charge in [-0.1, -0.05) is 15.9 Å². The molecule has 1 rings (SSSR count). The Morgan fingerprint density at radius 1 is 1.31 bits per heavy atom. The van der Waals surface area contributed by atoms with Gasteiger partial charge in [-0.2, -0.15) is 10.3 Å². The minimum Gasteiger partial charge on any atom is -0.370 e. The van der Waals surface area contributed by atoms with Gasteiger partial charge in [0.2, 0.25) is 5.96 Å². The molecule has 0 fully saturated rings. The van der Waals surface area contributed by atoms with Crippen LogP contribution in [0.15, 0.2) is 32.7 Å².